The van der Waals surface area contributed by atoms with E-state index in [4.69, 9.17) is 0 Å². The largest absolute Gasteiger partial charge is 0.308 e. The molecule has 0 aliphatic carbocycles. The van der Waals surface area contributed by atoms with Gasteiger partial charge in [0, 0.05) is 17.1 Å². The van der Waals surface area contributed by atoms with Gasteiger partial charge in [-0.05, 0) is 44.0 Å². The van der Waals surface area contributed by atoms with Crippen LogP contribution in [-0.4, -0.2) is 22.2 Å². The van der Waals surface area contributed by atoms with E-state index in [0.29, 0.717) is 0 Å². The SMILES string of the molecule is C[C@@H]1Cc2ccccc2N1C(=O)[C@@H](C)Sc1ccc2ccccc2n1. The van der Waals surface area contributed by atoms with E-state index >= 15 is 0 Å². The average molecular weight is 348 g/mol. The molecule has 0 N–H and O–H groups in total. The normalized spacial score (nSPS) is 17.5. The molecular weight excluding hydrogens is 328 g/mol. The zero-order chi connectivity index (χ0) is 17.4. The molecule has 1 aromatic heterocycles. The van der Waals surface area contributed by atoms with E-state index in [2.05, 4.69) is 24.0 Å². The van der Waals surface area contributed by atoms with Gasteiger partial charge in [-0.25, -0.2) is 4.98 Å². The number of nitrogens with zero attached hydrogens (tertiary/aromatic N) is 2. The molecule has 25 heavy (non-hydrogen) atoms. The van der Waals surface area contributed by atoms with Crippen LogP contribution in [0.1, 0.15) is 19.4 Å². The number of carbonyl (C=O) groups is 1. The molecule has 1 amide bonds. The highest BCUT2D eigenvalue weighted by Crippen LogP contribution is 2.34. The van der Waals surface area contributed by atoms with E-state index in [0.717, 1.165) is 28.0 Å². The first kappa shape index (κ1) is 16.2. The van der Waals surface area contributed by atoms with E-state index in [1.165, 1.54) is 17.3 Å². The number of hydrogen-bond donors (Lipinski definition) is 0. The van der Waals surface area contributed by atoms with Crippen molar-refractivity contribution >= 4 is 34.3 Å². The number of aromatic nitrogens is 1. The van der Waals surface area contributed by atoms with Crippen LogP contribution < -0.4 is 4.90 Å². The zero-order valence-electron chi connectivity index (χ0n) is 14.3. The van der Waals surface area contributed by atoms with E-state index in [1.54, 1.807) is 0 Å². The first-order chi connectivity index (χ1) is 12.1. The molecule has 1 aliphatic heterocycles. The fourth-order valence-electron chi connectivity index (χ4n) is 3.44. The molecule has 0 fully saturated rings. The smallest absolute Gasteiger partial charge is 0.240 e. The van der Waals surface area contributed by atoms with Crippen molar-refractivity contribution in [1.82, 2.24) is 4.98 Å². The number of hydrogen-bond acceptors (Lipinski definition) is 3. The molecule has 0 saturated carbocycles. The maximum atomic E-state index is 13.1. The van der Waals surface area contributed by atoms with Gasteiger partial charge in [0.1, 0.15) is 0 Å². The molecule has 0 saturated heterocycles. The van der Waals surface area contributed by atoms with Crippen LogP contribution in [-0.2, 0) is 11.2 Å². The molecule has 4 heteroatoms. The summed E-state index contributed by atoms with van der Waals surface area (Å²) in [7, 11) is 0. The van der Waals surface area contributed by atoms with E-state index in [1.807, 2.05) is 60.4 Å². The van der Waals surface area contributed by atoms with Gasteiger partial charge in [-0.3, -0.25) is 4.79 Å². The highest BCUT2D eigenvalue weighted by molar-refractivity contribution is 8.00. The average Bonchev–Trinajstić information content (AvgIpc) is 2.96. The summed E-state index contributed by atoms with van der Waals surface area (Å²) < 4.78 is 0. The van der Waals surface area contributed by atoms with Gasteiger partial charge in [0.25, 0.3) is 0 Å². The van der Waals surface area contributed by atoms with E-state index < -0.39 is 0 Å². The summed E-state index contributed by atoms with van der Waals surface area (Å²) in [5.41, 5.74) is 3.27. The van der Waals surface area contributed by atoms with Crippen molar-refractivity contribution in [3.63, 3.8) is 0 Å². The molecule has 0 spiro atoms. The van der Waals surface area contributed by atoms with Crippen molar-refractivity contribution in [3.8, 4) is 0 Å². The second-order valence-electron chi connectivity index (χ2n) is 6.49. The Hall–Kier alpha value is -2.33. The number of thioether (sulfide) groups is 1. The van der Waals surface area contributed by atoms with Crippen molar-refractivity contribution in [1.29, 1.82) is 0 Å². The molecule has 2 heterocycles. The number of amides is 1. The molecule has 2 atom stereocenters. The molecule has 126 valence electrons. The van der Waals surface area contributed by atoms with Crippen LogP contribution >= 0.6 is 11.8 Å². The Labute approximate surface area is 152 Å². The van der Waals surface area contributed by atoms with Gasteiger partial charge in [0.05, 0.1) is 15.8 Å². The third-order valence-electron chi connectivity index (χ3n) is 4.66. The van der Waals surface area contributed by atoms with Crippen LogP contribution in [0.4, 0.5) is 5.69 Å². The van der Waals surface area contributed by atoms with Crippen LogP contribution in [0.15, 0.2) is 65.7 Å². The number of anilines is 1. The molecule has 0 bridgehead atoms. The van der Waals surface area contributed by atoms with Gasteiger partial charge in [0.15, 0.2) is 0 Å². The molecule has 2 aromatic carbocycles. The zero-order valence-corrected chi connectivity index (χ0v) is 15.2. The maximum Gasteiger partial charge on any atom is 0.240 e. The Balaban J connectivity index is 1.56. The minimum Gasteiger partial charge on any atom is -0.308 e. The summed E-state index contributed by atoms with van der Waals surface area (Å²) in [6, 6.07) is 20.5. The quantitative estimate of drug-likeness (QED) is 0.644. The number of pyridine rings is 1. The number of fused-ring (bicyclic) bond motifs is 2. The van der Waals surface area contributed by atoms with Crippen LogP contribution in [0.25, 0.3) is 10.9 Å². The summed E-state index contributed by atoms with van der Waals surface area (Å²) in [5, 5.41) is 1.83. The topological polar surface area (TPSA) is 33.2 Å². The standard InChI is InChI=1S/C21H20N2OS/c1-14-13-17-8-4-6-10-19(17)23(14)21(24)15(2)25-20-12-11-16-7-3-5-9-18(16)22-20/h3-12,14-15H,13H2,1-2H3/t14-,15-/m1/s1. The third kappa shape index (κ3) is 3.02. The Bertz CT molecular complexity index is 940. The monoisotopic (exact) mass is 348 g/mol. The molecule has 3 aromatic rings. The third-order valence-corrected chi connectivity index (χ3v) is 5.69. The molecule has 3 nitrogen and oxygen atoms in total. The summed E-state index contributed by atoms with van der Waals surface area (Å²) in [6.07, 6.45) is 0.924. The lowest BCUT2D eigenvalue weighted by Crippen LogP contribution is -2.40. The van der Waals surface area contributed by atoms with Crippen molar-refractivity contribution in [2.24, 2.45) is 0 Å². The van der Waals surface area contributed by atoms with Crippen LogP contribution in [0, 0.1) is 0 Å². The van der Waals surface area contributed by atoms with E-state index in [9.17, 15) is 4.79 Å². The highest BCUT2D eigenvalue weighted by atomic mass is 32.2. The highest BCUT2D eigenvalue weighted by Gasteiger charge is 2.33. The number of rotatable bonds is 3. The first-order valence-corrected chi connectivity index (χ1v) is 9.45. The fraction of sp³-hybridized carbons (Fsp3) is 0.238. The second kappa shape index (κ2) is 6.52. The first-order valence-electron chi connectivity index (χ1n) is 8.57. The van der Waals surface area contributed by atoms with Gasteiger partial charge in [-0.2, -0.15) is 0 Å². The number of carbonyl (C=O) groups excluding carboxylic acids is 1. The summed E-state index contributed by atoms with van der Waals surface area (Å²) in [6.45, 7) is 4.08. The van der Waals surface area contributed by atoms with Gasteiger partial charge >= 0.3 is 0 Å². The fourth-order valence-corrected chi connectivity index (χ4v) is 4.32. The van der Waals surface area contributed by atoms with Crippen LogP contribution in [0.3, 0.4) is 0 Å². The molecule has 1 aliphatic rings. The predicted octanol–water partition coefficient (Wildman–Crippen LogP) is 4.69. The molecule has 0 unspecified atom stereocenters. The van der Waals surface area contributed by atoms with Gasteiger partial charge in [-0.15, -0.1) is 0 Å². The van der Waals surface area contributed by atoms with Crippen molar-refractivity contribution < 1.29 is 4.79 Å². The van der Waals surface area contributed by atoms with Crippen molar-refractivity contribution in [3.05, 3.63) is 66.2 Å². The van der Waals surface area contributed by atoms with Crippen molar-refractivity contribution in [2.75, 3.05) is 4.90 Å². The second-order valence-corrected chi connectivity index (χ2v) is 7.85. The molecule has 0 radical (unpaired) electrons. The Kier molecular flexibility index (Phi) is 4.22. The maximum absolute atomic E-state index is 13.1. The number of benzene rings is 2. The Morgan fingerprint density at radius 3 is 2.76 bits per heavy atom. The van der Waals surface area contributed by atoms with E-state index in [-0.39, 0.29) is 17.2 Å². The van der Waals surface area contributed by atoms with Crippen LogP contribution in [0.2, 0.25) is 0 Å². The molecular formula is C21H20N2OS. The predicted molar refractivity (Wildman–Crippen MR) is 104 cm³/mol. The molecule has 4 rings (SSSR count). The Morgan fingerprint density at radius 1 is 1.12 bits per heavy atom. The van der Waals surface area contributed by atoms with Gasteiger partial charge in [-0.1, -0.05) is 54.2 Å². The summed E-state index contributed by atoms with van der Waals surface area (Å²) in [4.78, 5) is 19.7. The van der Waals surface area contributed by atoms with Gasteiger partial charge < -0.3 is 4.90 Å². The Morgan fingerprint density at radius 2 is 1.88 bits per heavy atom. The van der Waals surface area contributed by atoms with Crippen molar-refractivity contribution in [2.45, 2.75) is 36.6 Å². The minimum absolute atomic E-state index is 0.150. The number of para-hydroxylation sites is 2. The van der Waals surface area contributed by atoms with Crippen LogP contribution in [0.5, 0.6) is 0 Å². The lowest BCUT2D eigenvalue weighted by molar-refractivity contribution is -0.118. The lowest BCUT2D eigenvalue weighted by Gasteiger charge is -2.25. The van der Waals surface area contributed by atoms with Gasteiger partial charge in [0.2, 0.25) is 5.91 Å². The minimum atomic E-state index is -0.178. The summed E-state index contributed by atoms with van der Waals surface area (Å²) >= 11 is 1.53. The lowest BCUT2D eigenvalue weighted by atomic mass is 10.1. The summed E-state index contributed by atoms with van der Waals surface area (Å²) in [5.74, 6) is 0.150.